The van der Waals surface area contributed by atoms with Crippen molar-refractivity contribution in [2.24, 2.45) is 7.05 Å². The lowest BCUT2D eigenvalue weighted by Gasteiger charge is -2.10. The van der Waals surface area contributed by atoms with Gasteiger partial charge in [-0.2, -0.15) is 5.10 Å². The van der Waals surface area contributed by atoms with Gasteiger partial charge in [0.05, 0.1) is 5.69 Å². The van der Waals surface area contributed by atoms with Crippen LogP contribution >= 0.6 is 0 Å². The van der Waals surface area contributed by atoms with E-state index in [1.54, 1.807) is 0 Å². The molecule has 2 N–H and O–H groups in total. The Morgan fingerprint density at radius 3 is 3.20 bits per heavy atom. The van der Waals surface area contributed by atoms with Crippen LogP contribution in [0.3, 0.4) is 0 Å². The van der Waals surface area contributed by atoms with Gasteiger partial charge in [0.1, 0.15) is 0 Å². The zero-order valence-electron chi connectivity index (χ0n) is 9.58. The summed E-state index contributed by atoms with van der Waals surface area (Å²) >= 11 is 0. The highest BCUT2D eigenvalue weighted by Crippen LogP contribution is 2.08. The Hall–Kier alpha value is -0.870. The Labute approximate surface area is 91.1 Å². The van der Waals surface area contributed by atoms with Crippen molar-refractivity contribution in [1.82, 2.24) is 20.4 Å². The molecular weight excluding hydrogens is 188 g/mol. The third kappa shape index (κ3) is 2.58. The molecule has 0 spiro atoms. The number of hydrogen-bond acceptors (Lipinski definition) is 3. The first-order valence-electron chi connectivity index (χ1n) is 5.75. The SMILES string of the molecule is CCc1nn(C)cc1CNC1CCNC1. The molecule has 0 aromatic carbocycles. The number of nitrogens with zero attached hydrogens (tertiary/aromatic N) is 2. The minimum Gasteiger partial charge on any atom is -0.315 e. The van der Waals surface area contributed by atoms with Crippen molar-refractivity contribution in [3.63, 3.8) is 0 Å². The van der Waals surface area contributed by atoms with Gasteiger partial charge in [0.15, 0.2) is 0 Å². The summed E-state index contributed by atoms with van der Waals surface area (Å²) in [4.78, 5) is 0. The van der Waals surface area contributed by atoms with E-state index < -0.39 is 0 Å². The van der Waals surface area contributed by atoms with Gasteiger partial charge in [0, 0.05) is 37.9 Å². The monoisotopic (exact) mass is 208 g/mol. The Kier molecular flexibility index (Phi) is 3.38. The normalized spacial score (nSPS) is 21.1. The lowest BCUT2D eigenvalue weighted by molar-refractivity contribution is 0.545. The topological polar surface area (TPSA) is 41.9 Å². The van der Waals surface area contributed by atoms with Crippen LogP contribution in [0.15, 0.2) is 6.20 Å². The lowest BCUT2D eigenvalue weighted by Crippen LogP contribution is -2.30. The van der Waals surface area contributed by atoms with Gasteiger partial charge in [0.2, 0.25) is 0 Å². The van der Waals surface area contributed by atoms with Crippen molar-refractivity contribution >= 4 is 0 Å². The fourth-order valence-electron chi connectivity index (χ4n) is 2.11. The second kappa shape index (κ2) is 4.77. The van der Waals surface area contributed by atoms with E-state index in [1.165, 1.54) is 17.7 Å². The quantitative estimate of drug-likeness (QED) is 0.754. The molecule has 0 saturated carbocycles. The Balaban J connectivity index is 1.91. The molecule has 1 aromatic rings. The van der Waals surface area contributed by atoms with E-state index in [0.717, 1.165) is 26.1 Å². The Bertz CT molecular complexity index is 312. The van der Waals surface area contributed by atoms with E-state index in [0.29, 0.717) is 6.04 Å². The van der Waals surface area contributed by atoms with E-state index in [4.69, 9.17) is 0 Å². The van der Waals surface area contributed by atoms with Gasteiger partial charge in [-0.1, -0.05) is 6.92 Å². The van der Waals surface area contributed by atoms with Crippen LogP contribution in [-0.4, -0.2) is 28.9 Å². The fraction of sp³-hybridized carbons (Fsp3) is 0.727. The van der Waals surface area contributed by atoms with Gasteiger partial charge in [-0.05, 0) is 19.4 Å². The molecule has 2 rings (SSSR count). The summed E-state index contributed by atoms with van der Waals surface area (Å²) in [7, 11) is 1.99. The van der Waals surface area contributed by atoms with Crippen LogP contribution in [0, 0.1) is 0 Å². The van der Waals surface area contributed by atoms with Crippen LogP contribution in [0.1, 0.15) is 24.6 Å². The molecule has 1 saturated heterocycles. The molecular formula is C11H20N4. The van der Waals surface area contributed by atoms with Crippen molar-refractivity contribution in [3.8, 4) is 0 Å². The van der Waals surface area contributed by atoms with Gasteiger partial charge in [0.25, 0.3) is 0 Å². The van der Waals surface area contributed by atoms with Crippen molar-refractivity contribution in [2.45, 2.75) is 32.4 Å². The van der Waals surface area contributed by atoms with E-state index >= 15 is 0 Å². The molecule has 1 unspecified atom stereocenters. The molecule has 2 heterocycles. The van der Waals surface area contributed by atoms with Gasteiger partial charge < -0.3 is 10.6 Å². The first kappa shape index (κ1) is 10.6. The molecule has 1 atom stereocenters. The summed E-state index contributed by atoms with van der Waals surface area (Å²) in [6, 6.07) is 0.634. The third-order valence-electron chi connectivity index (χ3n) is 2.97. The maximum absolute atomic E-state index is 4.44. The minimum atomic E-state index is 0.634. The zero-order valence-corrected chi connectivity index (χ0v) is 9.58. The average Bonchev–Trinajstić information content (AvgIpc) is 2.83. The first-order valence-corrected chi connectivity index (χ1v) is 5.75. The second-order valence-corrected chi connectivity index (χ2v) is 4.20. The van der Waals surface area contributed by atoms with Crippen LogP contribution in [0.4, 0.5) is 0 Å². The molecule has 15 heavy (non-hydrogen) atoms. The van der Waals surface area contributed by atoms with Crippen molar-refractivity contribution in [3.05, 3.63) is 17.5 Å². The Morgan fingerprint density at radius 1 is 1.67 bits per heavy atom. The number of hydrogen-bond donors (Lipinski definition) is 2. The summed E-state index contributed by atoms with van der Waals surface area (Å²) in [5.41, 5.74) is 2.56. The maximum Gasteiger partial charge on any atom is 0.0666 e. The van der Waals surface area contributed by atoms with Gasteiger partial charge in [-0.3, -0.25) is 4.68 Å². The smallest absolute Gasteiger partial charge is 0.0666 e. The average molecular weight is 208 g/mol. The van der Waals surface area contributed by atoms with Crippen molar-refractivity contribution in [2.75, 3.05) is 13.1 Å². The molecule has 84 valence electrons. The van der Waals surface area contributed by atoms with Crippen LogP contribution in [-0.2, 0) is 20.0 Å². The van der Waals surface area contributed by atoms with Crippen LogP contribution in [0.25, 0.3) is 0 Å². The van der Waals surface area contributed by atoms with E-state index in [2.05, 4.69) is 28.9 Å². The second-order valence-electron chi connectivity index (χ2n) is 4.20. The molecule has 4 nitrogen and oxygen atoms in total. The largest absolute Gasteiger partial charge is 0.315 e. The molecule has 0 bridgehead atoms. The molecule has 4 heteroatoms. The van der Waals surface area contributed by atoms with Crippen molar-refractivity contribution < 1.29 is 0 Å². The summed E-state index contributed by atoms with van der Waals surface area (Å²) in [5.74, 6) is 0. The van der Waals surface area contributed by atoms with Crippen LogP contribution in [0.2, 0.25) is 0 Å². The summed E-state index contributed by atoms with van der Waals surface area (Å²) in [5, 5.41) is 11.4. The number of nitrogens with one attached hydrogen (secondary N) is 2. The van der Waals surface area contributed by atoms with Crippen molar-refractivity contribution in [1.29, 1.82) is 0 Å². The Morgan fingerprint density at radius 2 is 2.53 bits per heavy atom. The van der Waals surface area contributed by atoms with E-state index in [1.807, 2.05) is 11.7 Å². The number of aromatic nitrogens is 2. The van der Waals surface area contributed by atoms with E-state index in [9.17, 15) is 0 Å². The van der Waals surface area contributed by atoms with E-state index in [-0.39, 0.29) is 0 Å². The highest BCUT2D eigenvalue weighted by atomic mass is 15.3. The first-order chi connectivity index (χ1) is 7.29. The molecule has 0 aliphatic carbocycles. The fourth-order valence-corrected chi connectivity index (χ4v) is 2.11. The molecule has 0 radical (unpaired) electrons. The summed E-state index contributed by atoms with van der Waals surface area (Å²) in [6.07, 6.45) is 4.37. The minimum absolute atomic E-state index is 0.634. The predicted octanol–water partition coefficient (Wildman–Crippen LogP) is 0.434. The summed E-state index contributed by atoms with van der Waals surface area (Å²) < 4.78 is 1.91. The molecule has 1 fully saturated rings. The highest BCUT2D eigenvalue weighted by Gasteiger charge is 2.14. The van der Waals surface area contributed by atoms with Crippen LogP contribution < -0.4 is 10.6 Å². The maximum atomic E-state index is 4.44. The number of aryl methyl sites for hydroxylation is 2. The predicted molar refractivity (Wildman–Crippen MR) is 60.7 cm³/mol. The standard InChI is InChI=1S/C11H20N4/c1-3-11-9(8-15(2)14-11)6-13-10-4-5-12-7-10/h8,10,12-13H,3-7H2,1-2H3. The van der Waals surface area contributed by atoms with Gasteiger partial charge >= 0.3 is 0 Å². The highest BCUT2D eigenvalue weighted by molar-refractivity contribution is 5.16. The molecule has 1 aromatic heterocycles. The lowest BCUT2D eigenvalue weighted by atomic mass is 10.2. The zero-order chi connectivity index (χ0) is 10.7. The summed E-state index contributed by atoms with van der Waals surface area (Å²) in [6.45, 7) is 5.35. The van der Waals surface area contributed by atoms with Crippen LogP contribution in [0.5, 0.6) is 0 Å². The molecule has 0 amide bonds. The molecule has 1 aliphatic rings. The van der Waals surface area contributed by atoms with Gasteiger partial charge in [-0.15, -0.1) is 0 Å². The third-order valence-corrected chi connectivity index (χ3v) is 2.97. The van der Waals surface area contributed by atoms with Gasteiger partial charge in [-0.25, -0.2) is 0 Å². The number of rotatable bonds is 4. The molecule has 1 aliphatic heterocycles.